The van der Waals surface area contributed by atoms with Crippen LogP contribution in [0.25, 0.3) is 5.65 Å². The number of hydrogen-bond donors (Lipinski definition) is 2. The zero-order valence-corrected chi connectivity index (χ0v) is 24.5. The number of anilines is 1. The minimum atomic E-state index is -1.64. The van der Waals surface area contributed by atoms with Gasteiger partial charge in [-0.2, -0.15) is 0 Å². The van der Waals surface area contributed by atoms with Gasteiger partial charge in [0.15, 0.2) is 6.17 Å². The van der Waals surface area contributed by atoms with Crippen LogP contribution in [-0.4, -0.2) is 55.2 Å². The summed E-state index contributed by atoms with van der Waals surface area (Å²) in [5, 5.41) is 13.2. The molecule has 8 rings (SSSR count). The molecule has 11 heteroatoms. The van der Waals surface area contributed by atoms with Gasteiger partial charge in [-0.25, -0.2) is 19.2 Å². The number of carboxylic acid groups (broad SMARTS) is 1. The predicted octanol–water partition coefficient (Wildman–Crippen LogP) is 5.70. The summed E-state index contributed by atoms with van der Waals surface area (Å²) in [5.41, 5.74) is 2.07. The van der Waals surface area contributed by atoms with Gasteiger partial charge in [-0.1, -0.05) is 42.3 Å². The number of rotatable bonds is 4. The molecule has 6 atom stereocenters. The highest BCUT2D eigenvalue weighted by Gasteiger charge is 2.73. The van der Waals surface area contributed by atoms with Crippen molar-refractivity contribution in [1.29, 1.82) is 0 Å². The molecule has 2 N–H and O–H groups in total. The molecule has 0 radical (unpaired) electrons. The van der Waals surface area contributed by atoms with E-state index in [9.17, 15) is 14.7 Å². The van der Waals surface area contributed by atoms with E-state index >= 15 is 4.39 Å². The number of halogens is 3. The Balaban J connectivity index is 1.42. The lowest BCUT2D eigenvalue weighted by atomic mass is 9.59. The Morgan fingerprint density at radius 1 is 1.26 bits per heavy atom. The Bertz CT molecular complexity index is 1800. The standard InChI is InChI=1S/C31H28Cl2FN5O3/c1-14-17(28(40)41)7-10-38-21-12-20-22(23(21)37-27(14)38)24(30(2)8-9-35-26(33)25(30)34)31(39(20)13-15-3-4-15)18-6-5-16(32)11-19(18)36-29(31)42/h5-11,15,20,22,24-25H,3-4,12-13H2,1-2H3,(H,36,42)(H,40,41)/t20-,22-,24+,25?,30?,31+/m0/s1. The number of allylic oxidation sites excluding steroid dienone is 1. The van der Waals surface area contributed by atoms with E-state index in [0.717, 1.165) is 29.8 Å². The van der Waals surface area contributed by atoms with E-state index in [2.05, 4.69) is 15.2 Å². The lowest BCUT2D eigenvalue weighted by molar-refractivity contribution is -0.132. The van der Waals surface area contributed by atoms with Gasteiger partial charge in [0.25, 0.3) is 0 Å². The molecule has 3 aromatic rings. The summed E-state index contributed by atoms with van der Waals surface area (Å²) in [5.74, 6) is -1.73. The number of carbonyl (C=O) groups is 2. The summed E-state index contributed by atoms with van der Waals surface area (Å²) >= 11 is 12.8. The maximum atomic E-state index is 16.6. The number of hydrogen-bond acceptors (Lipinski definition) is 5. The predicted molar refractivity (Wildman–Crippen MR) is 157 cm³/mol. The topological polar surface area (TPSA) is 99.3 Å². The Morgan fingerprint density at radius 3 is 2.79 bits per heavy atom. The highest BCUT2D eigenvalue weighted by atomic mass is 35.5. The molecule has 5 heterocycles. The second kappa shape index (κ2) is 8.65. The fourth-order valence-corrected chi connectivity index (χ4v) is 8.88. The number of imidazole rings is 1. The average Bonchev–Trinajstić information content (AvgIpc) is 3.37. The van der Waals surface area contributed by atoms with Gasteiger partial charge in [0.1, 0.15) is 16.4 Å². The monoisotopic (exact) mass is 607 g/mol. The number of likely N-dealkylation sites (tertiary alicyclic amines) is 1. The largest absolute Gasteiger partial charge is 0.478 e. The van der Waals surface area contributed by atoms with Crippen molar-refractivity contribution in [3.05, 3.63) is 75.8 Å². The van der Waals surface area contributed by atoms with Crippen molar-refractivity contribution < 1.29 is 19.1 Å². The molecule has 2 fully saturated rings. The number of nitrogens with one attached hydrogen (secondary N) is 1. The Kier molecular flexibility index (Phi) is 5.43. The maximum Gasteiger partial charge on any atom is 0.336 e. The quantitative estimate of drug-likeness (QED) is 0.396. The highest BCUT2D eigenvalue weighted by molar-refractivity contribution is 6.66. The number of aryl methyl sites for hydroxylation is 1. The van der Waals surface area contributed by atoms with Gasteiger partial charge in [-0.15, -0.1) is 0 Å². The summed E-state index contributed by atoms with van der Waals surface area (Å²) in [7, 11) is 0. The van der Waals surface area contributed by atoms with Crippen LogP contribution in [0.1, 0.15) is 58.6 Å². The summed E-state index contributed by atoms with van der Waals surface area (Å²) in [4.78, 5) is 38.0. The van der Waals surface area contributed by atoms with Gasteiger partial charge in [0.2, 0.25) is 5.91 Å². The number of aromatic nitrogens is 2. The van der Waals surface area contributed by atoms with Crippen LogP contribution in [-0.2, 0) is 16.8 Å². The molecule has 1 saturated heterocycles. The molecule has 2 aromatic heterocycles. The number of aromatic carboxylic acids is 1. The third kappa shape index (κ3) is 3.22. The molecule has 3 aliphatic heterocycles. The van der Waals surface area contributed by atoms with Gasteiger partial charge < -0.3 is 14.8 Å². The van der Waals surface area contributed by atoms with Crippen molar-refractivity contribution in [3.63, 3.8) is 0 Å². The van der Waals surface area contributed by atoms with Crippen LogP contribution in [0.3, 0.4) is 0 Å². The third-order valence-corrected chi connectivity index (χ3v) is 10.9. The molecule has 1 saturated carbocycles. The van der Waals surface area contributed by atoms with Crippen molar-refractivity contribution >= 4 is 51.6 Å². The smallest absolute Gasteiger partial charge is 0.336 e. The summed E-state index contributed by atoms with van der Waals surface area (Å²) in [6.07, 6.45) is 6.18. The Morgan fingerprint density at radius 2 is 2.05 bits per heavy atom. The summed E-state index contributed by atoms with van der Waals surface area (Å²) in [6.45, 7) is 4.29. The van der Waals surface area contributed by atoms with E-state index in [1.807, 2.05) is 17.4 Å². The van der Waals surface area contributed by atoms with E-state index < -0.39 is 29.0 Å². The fourth-order valence-electron chi connectivity index (χ4n) is 8.41. The number of nitrogens with zero attached hydrogens (tertiary/aromatic N) is 4. The molecule has 216 valence electrons. The van der Waals surface area contributed by atoms with Gasteiger partial charge in [0, 0.05) is 76.2 Å². The van der Waals surface area contributed by atoms with Crippen LogP contribution in [0.2, 0.25) is 5.02 Å². The molecule has 8 nitrogen and oxygen atoms in total. The maximum absolute atomic E-state index is 16.6. The number of carboxylic acids is 1. The van der Waals surface area contributed by atoms with Crippen molar-refractivity contribution in [1.82, 2.24) is 14.3 Å². The first-order chi connectivity index (χ1) is 20.1. The first-order valence-electron chi connectivity index (χ1n) is 14.2. The van der Waals surface area contributed by atoms with Crippen LogP contribution < -0.4 is 5.32 Å². The SMILES string of the molecule is Cc1c(C(=O)O)ccn2c3c(nc12)[C@H]1[C@H](C2(C)C=CN=C(Cl)C2F)[C@]2(C(=O)Nc4cc(Cl)ccc42)N(CC2CC2)[C@H]1C3. The number of benzene rings is 1. The molecule has 2 unspecified atom stereocenters. The molecular formula is C31H28Cl2FN5O3. The average molecular weight is 609 g/mol. The van der Waals surface area contributed by atoms with Gasteiger partial charge in [-0.3, -0.25) is 9.69 Å². The zero-order chi connectivity index (χ0) is 29.3. The van der Waals surface area contributed by atoms with Crippen LogP contribution in [0.15, 0.2) is 47.7 Å². The lowest BCUT2D eigenvalue weighted by Gasteiger charge is -2.47. The van der Waals surface area contributed by atoms with Gasteiger partial charge >= 0.3 is 5.97 Å². The van der Waals surface area contributed by atoms with Crippen molar-refractivity contribution in [2.24, 2.45) is 22.2 Å². The highest BCUT2D eigenvalue weighted by Crippen LogP contribution is 2.67. The van der Waals surface area contributed by atoms with E-state index in [4.69, 9.17) is 28.2 Å². The lowest BCUT2D eigenvalue weighted by Crippen LogP contribution is -2.58. The van der Waals surface area contributed by atoms with Crippen LogP contribution in [0.4, 0.5) is 10.1 Å². The first kappa shape index (κ1) is 26.4. The first-order valence-corrected chi connectivity index (χ1v) is 15.0. The normalized spacial score (nSPS) is 33.2. The Labute approximate surface area is 251 Å². The van der Waals surface area contributed by atoms with E-state index in [1.54, 1.807) is 43.6 Å². The summed E-state index contributed by atoms with van der Waals surface area (Å²) in [6, 6.07) is 6.92. The van der Waals surface area contributed by atoms with E-state index in [-0.39, 0.29) is 28.6 Å². The van der Waals surface area contributed by atoms with Crippen molar-refractivity contribution in [2.75, 3.05) is 11.9 Å². The summed E-state index contributed by atoms with van der Waals surface area (Å²) < 4.78 is 18.5. The van der Waals surface area contributed by atoms with E-state index in [0.29, 0.717) is 40.8 Å². The second-order valence-electron chi connectivity index (χ2n) is 12.6. The number of amides is 1. The molecular weight excluding hydrogens is 580 g/mol. The van der Waals surface area contributed by atoms with Crippen LogP contribution >= 0.6 is 23.2 Å². The molecule has 1 aromatic carbocycles. The van der Waals surface area contributed by atoms with E-state index in [1.165, 1.54) is 0 Å². The third-order valence-electron chi connectivity index (χ3n) is 10.4. The van der Waals surface area contributed by atoms with Gasteiger partial charge in [-0.05, 0) is 43.9 Å². The molecule has 2 aliphatic carbocycles. The van der Waals surface area contributed by atoms with Crippen LogP contribution in [0.5, 0.6) is 0 Å². The molecule has 0 bridgehead atoms. The fraction of sp³-hybridized carbons (Fsp3) is 0.419. The van der Waals surface area contributed by atoms with Crippen LogP contribution in [0, 0.1) is 24.2 Å². The second-order valence-corrected chi connectivity index (χ2v) is 13.4. The molecule has 1 amide bonds. The number of aliphatic imine (C=N–C) groups is 1. The minimum Gasteiger partial charge on any atom is -0.478 e. The molecule has 1 spiro atoms. The Hall–Kier alpha value is -3.27. The number of fused-ring (bicyclic) bond motifs is 7. The van der Waals surface area contributed by atoms with Gasteiger partial charge in [0.05, 0.1) is 11.3 Å². The zero-order valence-electron chi connectivity index (χ0n) is 22.9. The van der Waals surface area contributed by atoms with Crippen molar-refractivity contribution in [3.8, 4) is 0 Å². The number of carbonyl (C=O) groups excluding carboxylic acids is 1. The minimum absolute atomic E-state index is 0.132. The number of alkyl halides is 1. The number of pyridine rings is 1. The molecule has 42 heavy (non-hydrogen) atoms. The molecule has 5 aliphatic rings. The van der Waals surface area contributed by atoms with Crippen molar-refractivity contribution in [2.45, 2.75) is 56.8 Å².